The van der Waals surface area contributed by atoms with E-state index in [4.69, 9.17) is 32.7 Å². The monoisotopic (exact) mass is 438 g/mol. The normalized spacial score (nSPS) is 11.1. The van der Waals surface area contributed by atoms with E-state index in [1.54, 1.807) is 18.3 Å². The van der Waals surface area contributed by atoms with Crippen LogP contribution < -0.4 is 14.2 Å². The van der Waals surface area contributed by atoms with Gasteiger partial charge in [0.25, 0.3) is 10.0 Å². The summed E-state index contributed by atoms with van der Waals surface area (Å²) in [6, 6.07) is 14.3. The molecular formula is C19H16Cl2N2O4S. The first-order valence-electron chi connectivity index (χ1n) is 8.07. The predicted molar refractivity (Wildman–Crippen MR) is 109 cm³/mol. The molecule has 9 heteroatoms. The highest BCUT2D eigenvalue weighted by Crippen LogP contribution is 2.31. The lowest BCUT2D eigenvalue weighted by Gasteiger charge is -2.12. The first-order valence-corrected chi connectivity index (χ1v) is 10.3. The Morgan fingerprint density at radius 2 is 1.75 bits per heavy atom. The van der Waals surface area contributed by atoms with Crippen molar-refractivity contribution in [3.63, 3.8) is 0 Å². The Labute approximate surface area is 173 Å². The third-order valence-corrected chi connectivity index (χ3v) is 5.69. The maximum Gasteiger partial charge on any atom is 0.261 e. The summed E-state index contributed by atoms with van der Waals surface area (Å²) in [6.45, 7) is 0.246. The molecule has 2 aromatic carbocycles. The number of rotatable bonds is 7. The number of nitrogens with zero attached hydrogens (tertiary/aromatic N) is 1. The van der Waals surface area contributed by atoms with Gasteiger partial charge in [-0.2, -0.15) is 0 Å². The van der Waals surface area contributed by atoms with Gasteiger partial charge >= 0.3 is 0 Å². The summed E-state index contributed by atoms with van der Waals surface area (Å²) < 4.78 is 38.3. The number of pyridine rings is 1. The number of methoxy groups -OCH3 is 1. The zero-order valence-corrected chi connectivity index (χ0v) is 17.1. The van der Waals surface area contributed by atoms with Gasteiger partial charge in [-0.25, -0.2) is 8.42 Å². The largest absolute Gasteiger partial charge is 0.495 e. The van der Waals surface area contributed by atoms with Crippen molar-refractivity contribution in [3.8, 4) is 11.5 Å². The lowest BCUT2D eigenvalue weighted by molar-refractivity contribution is 0.301. The first kappa shape index (κ1) is 20.3. The van der Waals surface area contributed by atoms with Gasteiger partial charge in [0.15, 0.2) is 0 Å². The molecule has 0 unspecified atom stereocenters. The van der Waals surface area contributed by atoms with Crippen molar-refractivity contribution in [1.29, 1.82) is 0 Å². The SMILES string of the molecule is COc1ccc(S(=O)(=O)Nc2ccc(OCc3ccccn3)c(Cl)c2)cc1Cl. The van der Waals surface area contributed by atoms with Crippen LogP contribution in [0.15, 0.2) is 65.7 Å². The lowest BCUT2D eigenvalue weighted by Crippen LogP contribution is -2.13. The minimum Gasteiger partial charge on any atom is -0.495 e. The van der Waals surface area contributed by atoms with Crippen LogP contribution in [0.4, 0.5) is 5.69 Å². The van der Waals surface area contributed by atoms with Crippen molar-refractivity contribution in [1.82, 2.24) is 4.98 Å². The number of halogens is 2. The van der Waals surface area contributed by atoms with E-state index in [9.17, 15) is 8.42 Å². The molecule has 0 saturated heterocycles. The van der Waals surface area contributed by atoms with Crippen LogP contribution in [0.25, 0.3) is 0 Å². The molecule has 0 aliphatic heterocycles. The van der Waals surface area contributed by atoms with E-state index in [0.717, 1.165) is 5.69 Å². The summed E-state index contributed by atoms with van der Waals surface area (Å²) in [7, 11) is -2.39. The molecule has 1 heterocycles. The summed E-state index contributed by atoms with van der Waals surface area (Å²) in [6.07, 6.45) is 1.67. The number of hydrogen-bond acceptors (Lipinski definition) is 5. The van der Waals surface area contributed by atoms with E-state index in [1.165, 1.54) is 31.4 Å². The molecule has 0 aliphatic carbocycles. The molecule has 0 spiro atoms. The highest BCUT2D eigenvalue weighted by Gasteiger charge is 2.17. The average molecular weight is 439 g/mol. The first-order chi connectivity index (χ1) is 13.4. The third kappa shape index (κ3) is 4.86. The van der Waals surface area contributed by atoms with Crippen molar-refractivity contribution < 1.29 is 17.9 Å². The number of nitrogens with one attached hydrogen (secondary N) is 1. The Bertz CT molecular complexity index is 1080. The van der Waals surface area contributed by atoms with E-state index in [1.807, 2.05) is 18.2 Å². The van der Waals surface area contributed by atoms with E-state index in [2.05, 4.69) is 9.71 Å². The van der Waals surface area contributed by atoms with Gasteiger partial charge in [0.1, 0.15) is 18.1 Å². The van der Waals surface area contributed by atoms with Gasteiger partial charge in [0.2, 0.25) is 0 Å². The van der Waals surface area contributed by atoms with E-state index in [-0.39, 0.29) is 21.5 Å². The topological polar surface area (TPSA) is 77.5 Å². The summed E-state index contributed by atoms with van der Waals surface area (Å²) in [5.41, 5.74) is 1.04. The highest BCUT2D eigenvalue weighted by molar-refractivity contribution is 7.92. The van der Waals surface area contributed by atoms with Crippen molar-refractivity contribution in [2.24, 2.45) is 0 Å². The number of benzene rings is 2. The fourth-order valence-corrected chi connectivity index (χ4v) is 3.98. The van der Waals surface area contributed by atoms with Crippen molar-refractivity contribution in [2.75, 3.05) is 11.8 Å². The van der Waals surface area contributed by atoms with Gasteiger partial charge in [-0.3, -0.25) is 9.71 Å². The summed E-state index contributed by atoms with van der Waals surface area (Å²) in [5.74, 6) is 0.806. The molecule has 1 aromatic heterocycles. The molecule has 0 radical (unpaired) electrons. The van der Waals surface area contributed by atoms with Crippen LogP contribution in [-0.4, -0.2) is 20.5 Å². The fourth-order valence-electron chi connectivity index (χ4n) is 2.34. The Kier molecular flexibility index (Phi) is 6.28. The van der Waals surface area contributed by atoms with E-state index >= 15 is 0 Å². The molecule has 0 fully saturated rings. The molecule has 146 valence electrons. The van der Waals surface area contributed by atoms with Crippen LogP contribution in [0, 0.1) is 0 Å². The van der Waals surface area contributed by atoms with Crippen LogP contribution in [0.2, 0.25) is 10.0 Å². The average Bonchev–Trinajstić information content (AvgIpc) is 2.68. The summed E-state index contributed by atoms with van der Waals surface area (Å²) in [5, 5.41) is 0.463. The van der Waals surface area contributed by atoms with Crippen LogP contribution in [0.5, 0.6) is 11.5 Å². The van der Waals surface area contributed by atoms with Gasteiger partial charge in [0.05, 0.1) is 33.4 Å². The highest BCUT2D eigenvalue weighted by atomic mass is 35.5. The molecule has 3 aromatic rings. The molecule has 0 atom stereocenters. The molecule has 0 bridgehead atoms. The lowest BCUT2D eigenvalue weighted by atomic mass is 10.3. The fraction of sp³-hybridized carbons (Fsp3) is 0.105. The second-order valence-electron chi connectivity index (χ2n) is 5.66. The minimum absolute atomic E-state index is 0.00454. The molecule has 0 saturated carbocycles. The molecule has 0 amide bonds. The van der Waals surface area contributed by atoms with E-state index < -0.39 is 10.0 Å². The molecule has 1 N–H and O–H groups in total. The number of aromatic nitrogens is 1. The number of ether oxygens (including phenoxy) is 2. The maximum absolute atomic E-state index is 12.6. The Morgan fingerprint density at radius 3 is 2.39 bits per heavy atom. The van der Waals surface area contributed by atoms with Crippen molar-refractivity contribution >= 4 is 38.9 Å². The predicted octanol–water partition coefficient (Wildman–Crippen LogP) is 4.78. The summed E-state index contributed by atoms with van der Waals surface area (Å²) >= 11 is 12.2. The van der Waals surface area contributed by atoms with E-state index in [0.29, 0.717) is 17.2 Å². The van der Waals surface area contributed by atoms with Crippen LogP contribution in [0.1, 0.15) is 5.69 Å². The van der Waals surface area contributed by atoms with Crippen molar-refractivity contribution in [3.05, 3.63) is 76.5 Å². The zero-order chi connectivity index (χ0) is 20.1. The number of sulfonamides is 1. The second-order valence-corrected chi connectivity index (χ2v) is 8.15. The van der Waals surface area contributed by atoms with Crippen molar-refractivity contribution in [2.45, 2.75) is 11.5 Å². The zero-order valence-electron chi connectivity index (χ0n) is 14.7. The molecular weight excluding hydrogens is 423 g/mol. The third-order valence-electron chi connectivity index (χ3n) is 3.72. The standard InChI is InChI=1S/C19H16Cl2N2O4S/c1-26-18-8-6-15(11-17(18)21)28(24,25)23-13-5-7-19(16(20)10-13)27-12-14-4-2-3-9-22-14/h2-11,23H,12H2,1H3. The van der Waals surface area contributed by atoms with Gasteiger partial charge in [0, 0.05) is 6.20 Å². The minimum atomic E-state index is -3.85. The summed E-state index contributed by atoms with van der Waals surface area (Å²) in [4.78, 5) is 4.17. The number of hydrogen-bond donors (Lipinski definition) is 1. The van der Waals surface area contributed by atoms with Gasteiger partial charge in [-0.15, -0.1) is 0 Å². The van der Waals surface area contributed by atoms with Crippen LogP contribution in [0.3, 0.4) is 0 Å². The van der Waals surface area contributed by atoms with Crippen LogP contribution >= 0.6 is 23.2 Å². The van der Waals surface area contributed by atoms with Gasteiger partial charge in [-0.05, 0) is 48.5 Å². The van der Waals surface area contributed by atoms with Crippen LogP contribution in [-0.2, 0) is 16.6 Å². The Morgan fingerprint density at radius 1 is 1.00 bits per heavy atom. The smallest absolute Gasteiger partial charge is 0.261 e. The Balaban J connectivity index is 1.73. The molecule has 6 nitrogen and oxygen atoms in total. The molecule has 0 aliphatic rings. The maximum atomic E-state index is 12.6. The number of anilines is 1. The Hall–Kier alpha value is -2.48. The quantitative estimate of drug-likeness (QED) is 0.574. The van der Waals surface area contributed by atoms with Gasteiger partial charge in [-0.1, -0.05) is 29.3 Å². The van der Waals surface area contributed by atoms with Gasteiger partial charge < -0.3 is 9.47 Å². The molecule has 28 heavy (non-hydrogen) atoms. The molecule has 3 rings (SSSR count). The second kappa shape index (κ2) is 8.68.